The average Bonchev–Trinajstić information content (AvgIpc) is 2.93. The zero-order valence-corrected chi connectivity index (χ0v) is 11.6. The Hall–Kier alpha value is -2.84. The molecule has 1 heterocycles. The summed E-state index contributed by atoms with van der Waals surface area (Å²) in [6.07, 6.45) is 0. The zero-order valence-electron chi connectivity index (χ0n) is 10.8. The summed E-state index contributed by atoms with van der Waals surface area (Å²) in [6.45, 7) is 0. The summed E-state index contributed by atoms with van der Waals surface area (Å²) < 4.78 is 0. The maximum absolute atomic E-state index is 9.22. The van der Waals surface area contributed by atoms with E-state index in [2.05, 4.69) is 20.5 Å². The highest BCUT2D eigenvalue weighted by Gasteiger charge is 2.08. The molecule has 21 heavy (non-hydrogen) atoms. The average molecular weight is 296 g/mol. The number of fused-ring (bicyclic) bond motifs is 1. The molecule has 3 rings (SSSR count). The summed E-state index contributed by atoms with van der Waals surface area (Å²) in [5.41, 5.74) is 5.39. The molecule has 0 amide bonds. The van der Waals surface area contributed by atoms with Gasteiger partial charge in [0.1, 0.15) is 6.07 Å². The molecule has 0 spiro atoms. The Bertz CT molecular complexity index is 809. The van der Waals surface area contributed by atoms with Crippen molar-refractivity contribution in [1.82, 2.24) is 9.97 Å². The van der Waals surface area contributed by atoms with Crippen LogP contribution in [0, 0.1) is 11.3 Å². The summed E-state index contributed by atoms with van der Waals surface area (Å²) in [7, 11) is 0. The first-order chi connectivity index (χ1) is 10.3. The first-order valence-electron chi connectivity index (χ1n) is 6.21. The summed E-state index contributed by atoms with van der Waals surface area (Å²) in [5.74, 6) is 0.431. The Labute approximate surface area is 125 Å². The number of aromatic amines is 1. The molecule has 102 valence electrons. The smallest absolute Gasteiger partial charge is 0.203 e. The van der Waals surface area contributed by atoms with Gasteiger partial charge in [-0.1, -0.05) is 23.7 Å². The van der Waals surface area contributed by atoms with Crippen molar-refractivity contribution < 1.29 is 0 Å². The topological polar surface area (TPSA) is 76.9 Å². The Morgan fingerprint density at radius 2 is 1.95 bits per heavy atom. The molecule has 0 aliphatic rings. The number of aromatic nitrogens is 2. The lowest BCUT2D eigenvalue weighted by Gasteiger charge is -2.00. The largest absolute Gasteiger partial charge is 0.336 e. The normalized spacial score (nSPS) is 11.3. The molecule has 3 aromatic rings. The van der Waals surface area contributed by atoms with E-state index in [9.17, 15) is 5.26 Å². The molecule has 0 bridgehead atoms. The maximum Gasteiger partial charge on any atom is 0.203 e. The minimum absolute atomic E-state index is 0.182. The number of nitrogens with one attached hydrogen (secondary N) is 2. The molecular formula is C15H10ClN5. The minimum atomic E-state index is 0.182. The number of halogens is 1. The molecule has 0 atom stereocenters. The molecule has 6 heteroatoms. The zero-order chi connectivity index (χ0) is 14.7. The van der Waals surface area contributed by atoms with Crippen molar-refractivity contribution in [3.8, 4) is 6.07 Å². The predicted octanol–water partition coefficient (Wildman–Crippen LogP) is 3.56. The van der Waals surface area contributed by atoms with Crippen LogP contribution in [0.15, 0.2) is 53.6 Å². The van der Waals surface area contributed by atoms with Crippen molar-refractivity contribution in [1.29, 1.82) is 5.26 Å². The summed E-state index contributed by atoms with van der Waals surface area (Å²) in [4.78, 5) is 7.41. The number of H-pyrrole nitrogens is 1. The van der Waals surface area contributed by atoms with Gasteiger partial charge in [0.25, 0.3) is 0 Å². The summed E-state index contributed by atoms with van der Waals surface area (Å²) >= 11 is 5.81. The highest BCUT2D eigenvalue weighted by Crippen LogP contribution is 2.14. The molecule has 0 aliphatic carbocycles. The second-order valence-corrected chi connectivity index (χ2v) is 4.73. The molecule has 2 aromatic carbocycles. The van der Waals surface area contributed by atoms with Crippen molar-refractivity contribution >= 4 is 34.0 Å². The van der Waals surface area contributed by atoms with Crippen LogP contribution in [0.25, 0.3) is 11.0 Å². The lowest BCUT2D eigenvalue weighted by atomic mass is 10.3. The van der Waals surface area contributed by atoms with E-state index in [-0.39, 0.29) is 5.71 Å². The quantitative estimate of drug-likeness (QED) is 0.573. The van der Waals surface area contributed by atoms with Crippen LogP contribution < -0.4 is 5.43 Å². The van der Waals surface area contributed by atoms with E-state index in [0.717, 1.165) is 16.7 Å². The van der Waals surface area contributed by atoms with Crippen LogP contribution in [-0.4, -0.2) is 15.7 Å². The Kier molecular flexibility index (Phi) is 3.54. The second-order valence-electron chi connectivity index (χ2n) is 4.29. The molecule has 0 fully saturated rings. The van der Waals surface area contributed by atoms with E-state index in [4.69, 9.17) is 11.6 Å². The third kappa shape index (κ3) is 2.86. The Balaban J connectivity index is 1.89. The standard InChI is InChI=1S/C15H10ClN5/c16-10-5-7-11(8-6-10)20-21-14(9-17)15-18-12-3-1-2-4-13(12)19-15/h1-8,20H,(H,18,19)/b21-14+. The fourth-order valence-electron chi connectivity index (χ4n) is 1.84. The van der Waals surface area contributed by atoms with E-state index in [0.29, 0.717) is 10.8 Å². The van der Waals surface area contributed by atoms with Gasteiger partial charge in [-0.3, -0.25) is 5.43 Å². The third-order valence-electron chi connectivity index (χ3n) is 2.86. The van der Waals surface area contributed by atoms with Crippen molar-refractivity contribution in [2.45, 2.75) is 0 Å². The van der Waals surface area contributed by atoms with Crippen LogP contribution >= 0.6 is 11.6 Å². The SMILES string of the molecule is N#C/C(=N\Nc1ccc(Cl)cc1)c1nc2ccccc2[nH]1. The second kappa shape index (κ2) is 5.65. The predicted molar refractivity (Wildman–Crippen MR) is 83.3 cm³/mol. The Morgan fingerprint density at radius 3 is 2.67 bits per heavy atom. The van der Waals surface area contributed by atoms with Gasteiger partial charge in [0.15, 0.2) is 5.82 Å². The number of rotatable bonds is 3. The lowest BCUT2D eigenvalue weighted by Crippen LogP contribution is -2.03. The number of nitriles is 1. The van der Waals surface area contributed by atoms with Gasteiger partial charge < -0.3 is 4.98 Å². The fraction of sp³-hybridized carbons (Fsp3) is 0. The first kappa shape index (κ1) is 13.2. The number of para-hydroxylation sites is 2. The van der Waals surface area contributed by atoms with Gasteiger partial charge in [0.2, 0.25) is 5.71 Å². The van der Waals surface area contributed by atoms with Gasteiger partial charge in [-0.2, -0.15) is 10.4 Å². The molecule has 5 nitrogen and oxygen atoms in total. The number of benzene rings is 2. The number of hydrogen-bond donors (Lipinski definition) is 2. The van der Waals surface area contributed by atoms with Gasteiger partial charge in [0.05, 0.1) is 16.7 Å². The van der Waals surface area contributed by atoms with Gasteiger partial charge in [-0.15, -0.1) is 0 Å². The van der Waals surface area contributed by atoms with Gasteiger partial charge in [-0.05, 0) is 36.4 Å². The molecule has 0 unspecified atom stereocenters. The summed E-state index contributed by atoms with van der Waals surface area (Å²) in [6, 6.07) is 16.6. The van der Waals surface area contributed by atoms with Crippen molar-refractivity contribution in [2.24, 2.45) is 5.10 Å². The number of anilines is 1. The van der Waals surface area contributed by atoms with Crippen LogP contribution in [0.5, 0.6) is 0 Å². The molecule has 0 aliphatic heterocycles. The molecule has 1 aromatic heterocycles. The van der Waals surface area contributed by atoms with Crippen LogP contribution in [-0.2, 0) is 0 Å². The lowest BCUT2D eigenvalue weighted by molar-refractivity contribution is 1.25. The minimum Gasteiger partial charge on any atom is -0.336 e. The molecule has 2 N–H and O–H groups in total. The van der Waals surface area contributed by atoms with E-state index in [1.54, 1.807) is 24.3 Å². The van der Waals surface area contributed by atoms with Gasteiger partial charge >= 0.3 is 0 Å². The van der Waals surface area contributed by atoms with Crippen molar-refractivity contribution in [3.05, 3.63) is 59.4 Å². The van der Waals surface area contributed by atoms with E-state index in [1.165, 1.54) is 0 Å². The molecule has 0 saturated carbocycles. The van der Waals surface area contributed by atoms with Crippen molar-refractivity contribution in [3.63, 3.8) is 0 Å². The van der Waals surface area contributed by atoms with Crippen LogP contribution in [0.3, 0.4) is 0 Å². The number of nitrogens with zero attached hydrogens (tertiary/aromatic N) is 3. The van der Waals surface area contributed by atoms with E-state index in [1.807, 2.05) is 30.3 Å². The highest BCUT2D eigenvalue weighted by atomic mass is 35.5. The maximum atomic E-state index is 9.22. The molecule has 0 saturated heterocycles. The van der Waals surface area contributed by atoms with E-state index >= 15 is 0 Å². The molecule has 0 radical (unpaired) electrons. The first-order valence-corrected chi connectivity index (χ1v) is 6.58. The summed E-state index contributed by atoms with van der Waals surface area (Å²) in [5, 5.41) is 13.9. The van der Waals surface area contributed by atoms with Crippen LogP contribution in [0.1, 0.15) is 5.82 Å². The molecular weight excluding hydrogens is 286 g/mol. The fourth-order valence-corrected chi connectivity index (χ4v) is 1.97. The van der Waals surface area contributed by atoms with Crippen LogP contribution in [0.2, 0.25) is 5.02 Å². The van der Waals surface area contributed by atoms with Crippen molar-refractivity contribution in [2.75, 3.05) is 5.43 Å². The number of imidazole rings is 1. The number of hydrogen-bond acceptors (Lipinski definition) is 4. The number of hydrazone groups is 1. The third-order valence-corrected chi connectivity index (χ3v) is 3.11. The Morgan fingerprint density at radius 1 is 1.19 bits per heavy atom. The van der Waals surface area contributed by atoms with Crippen LogP contribution in [0.4, 0.5) is 5.69 Å². The highest BCUT2D eigenvalue weighted by molar-refractivity contribution is 6.30. The van der Waals surface area contributed by atoms with E-state index < -0.39 is 0 Å². The van der Waals surface area contributed by atoms with Gasteiger partial charge in [0, 0.05) is 5.02 Å². The monoisotopic (exact) mass is 295 g/mol. The van der Waals surface area contributed by atoms with Gasteiger partial charge in [-0.25, -0.2) is 4.98 Å².